The first kappa shape index (κ1) is 14.6. The lowest BCUT2D eigenvalue weighted by Crippen LogP contribution is -1.96. The minimum atomic E-state index is -1.06. The zero-order valence-corrected chi connectivity index (χ0v) is 13.7. The molecule has 0 aliphatic rings. The minimum Gasteiger partial charge on any atom is -0.0915 e. The molecule has 0 saturated heterocycles. The molecule has 0 fully saturated rings. The van der Waals surface area contributed by atoms with Gasteiger partial charge in [-0.1, -0.05) is 82.3 Å². The summed E-state index contributed by atoms with van der Waals surface area (Å²) in [5.41, 5.74) is 2.33. The van der Waals surface area contributed by atoms with Gasteiger partial charge in [-0.25, -0.2) is 0 Å². The molecule has 0 radical (unpaired) electrons. The van der Waals surface area contributed by atoms with Crippen molar-refractivity contribution in [3.63, 3.8) is 0 Å². The Hall–Kier alpha value is 0.170. The SMILES string of the molecule is CP(Cl)c1ccc(-c2ccc(P(Cl)Cl)cc2)cc1. The molecule has 0 nitrogen and oxygen atoms in total. The molecule has 2 rings (SSSR count). The van der Waals surface area contributed by atoms with E-state index < -0.39 is 13.9 Å². The molecule has 0 aromatic heterocycles. The van der Waals surface area contributed by atoms with E-state index in [9.17, 15) is 0 Å². The summed E-state index contributed by atoms with van der Waals surface area (Å²) in [6.45, 7) is 0.971. The van der Waals surface area contributed by atoms with Gasteiger partial charge in [0.25, 0.3) is 0 Å². The topological polar surface area (TPSA) is 0 Å². The van der Waals surface area contributed by atoms with Gasteiger partial charge in [0.1, 0.15) is 6.63 Å². The Morgan fingerprint density at radius 2 is 1.06 bits per heavy atom. The predicted molar refractivity (Wildman–Crippen MR) is 88.5 cm³/mol. The molecule has 0 amide bonds. The van der Waals surface area contributed by atoms with E-state index in [1.165, 1.54) is 10.9 Å². The van der Waals surface area contributed by atoms with E-state index in [2.05, 4.69) is 24.3 Å². The number of rotatable bonds is 3. The largest absolute Gasteiger partial charge is 0.116 e. The second kappa shape index (κ2) is 6.56. The van der Waals surface area contributed by atoms with Gasteiger partial charge in [0.05, 0.1) is 0 Å². The molecule has 18 heavy (non-hydrogen) atoms. The smallest absolute Gasteiger partial charge is 0.0915 e. The van der Waals surface area contributed by atoms with Gasteiger partial charge in [-0.2, -0.15) is 0 Å². The summed E-state index contributed by atoms with van der Waals surface area (Å²) >= 11 is 17.8. The van der Waals surface area contributed by atoms with Crippen molar-refractivity contribution >= 4 is 58.2 Å². The molecule has 5 heteroatoms. The van der Waals surface area contributed by atoms with Gasteiger partial charge < -0.3 is 0 Å². The van der Waals surface area contributed by atoms with Gasteiger partial charge in [-0.05, 0) is 23.1 Å². The first-order valence-electron chi connectivity index (χ1n) is 5.29. The highest BCUT2D eigenvalue weighted by Gasteiger charge is 2.05. The molecule has 0 heterocycles. The molecule has 2 aromatic carbocycles. The fraction of sp³-hybridized carbons (Fsp3) is 0.0769. The molecule has 1 atom stereocenters. The van der Waals surface area contributed by atoms with Crippen molar-refractivity contribution in [2.75, 3.05) is 6.66 Å². The third-order valence-electron chi connectivity index (χ3n) is 2.62. The molecule has 0 N–H and O–H groups in total. The summed E-state index contributed by atoms with van der Waals surface area (Å²) in [5, 5.41) is 2.17. The summed E-state index contributed by atoms with van der Waals surface area (Å²) in [7, 11) is -0.551. The Bertz CT molecular complexity index is 457. The standard InChI is InChI=1S/C13H11Cl3P2/c1-17(14)12-6-2-10(3-7-12)11-4-8-13(9-5-11)18(15)16/h2-9H,1H3. The Morgan fingerprint density at radius 1 is 0.667 bits per heavy atom. The van der Waals surface area contributed by atoms with E-state index >= 15 is 0 Å². The molecular formula is C13H11Cl3P2. The van der Waals surface area contributed by atoms with Gasteiger partial charge in [0.15, 0.2) is 0 Å². The lowest BCUT2D eigenvalue weighted by atomic mass is 10.1. The highest BCUT2D eigenvalue weighted by atomic mass is 35.9. The monoisotopic (exact) mass is 334 g/mol. The van der Waals surface area contributed by atoms with Crippen molar-refractivity contribution in [2.24, 2.45) is 0 Å². The van der Waals surface area contributed by atoms with Gasteiger partial charge in [0.2, 0.25) is 0 Å². The van der Waals surface area contributed by atoms with Crippen LogP contribution in [0.25, 0.3) is 11.1 Å². The molecule has 1 unspecified atom stereocenters. The van der Waals surface area contributed by atoms with Crippen LogP contribution in [-0.2, 0) is 0 Å². The molecule has 0 spiro atoms. The maximum Gasteiger partial charge on any atom is 0.116 e. The summed E-state index contributed by atoms with van der Waals surface area (Å²) in [6.07, 6.45) is 0. The van der Waals surface area contributed by atoms with Crippen molar-refractivity contribution in [2.45, 2.75) is 0 Å². The zero-order chi connectivity index (χ0) is 13.1. The molecular weight excluding hydrogens is 324 g/mol. The number of hydrogen-bond donors (Lipinski definition) is 0. The highest BCUT2D eigenvalue weighted by Crippen LogP contribution is 2.45. The first-order valence-corrected chi connectivity index (χ1v) is 11.1. The lowest BCUT2D eigenvalue weighted by Gasteiger charge is -2.07. The Kier molecular flexibility index (Phi) is 5.31. The predicted octanol–water partition coefficient (Wildman–Crippen LogP) is 5.66. The molecule has 0 aliphatic heterocycles. The summed E-state index contributed by atoms with van der Waals surface area (Å²) in [6, 6.07) is 16.4. The van der Waals surface area contributed by atoms with Gasteiger partial charge in [-0.3, -0.25) is 0 Å². The Labute approximate surface area is 124 Å². The van der Waals surface area contributed by atoms with Crippen LogP contribution in [0.15, 0.2) is 48.5 Å². The first-order chi connectivity index (χ1) is 8.58. The van der Waals surface area contributed by atoms with Crippen LogP contribution < -0.4 is 10.6 Å². The third-order valence-corrected chi connectivity index (χ3v) is 6.07. The number of benzene rings is 2. The van der Waals surface area contributed by atoms with Crippen molar-refractivity contribution < 1.29 is 0 Å². The fourth-order valence-electron chi connectivity index (χ4n) is 1.63. The van der Waals surface area contributed by atoms with Crippen LogP contribution in [0.1, 0.15) is 0 Å². The van der Waals surface area contributed by atoms with Crippen LogP contribution in [0.4, 0.5) is 0 Å². The molecule has 2 aromatic rings. The third kappa shape index (κ3) is 3.60. The van der Waals surface area contributed by atoms with E-state index in [4.69, 9.17) is 33.7 Å². The van der Waals surface area contributed by atoms with E-state index in [0.717, 1.165) is 10.9 Å². The van der Waals surface area contributed by atoms with Crippen molar-refractivity contribution in [1.82, 2.24) is 0 Å². The van der Waals surface area contributed by atoms with E-state index in [1.54, 1.807) is 0 Å². The van der Waals surface area contributed by atoms with Crippen LogP contribution in [0.5, 0.6) is 0 Å². The van der Waals surface area contributed by atoms with Crippen molar-refractivity contribution in [1.29, 1.82) is 0 Å². The van der Waals surface area contributed by atoms with Crippen LogP contribution >= 0.6 is 47.6 Å². The molecule has 0 saturated carbocycles. The average molecular weight is 336 g/mol. The van der Waals surface area contributed by atoms with Crippen LogP contribution in [0, 0.1) is 0 Å². The maximum atomic E-state index is 6.09. The van der Waals surface area contributed by atoms with Crippen LogP contribution in [0.2, 0.25) is 0 Å². The van der Waals surface area contributed by atoms with Crippen LogP contribution in [-0.4, -0.2) is 6.66 Å². The summed E-state index contributed by atoms with van der Waals surface area (Å²) < 4.78 is 0. The van der Waals surface area contributed by atoms with E-state index in [1.807, 2.05) is 30.9 Å². The quantitative estimate of drug-likeness (QED) is 0.635. The van der Waals surface area contributed by atoms with Gasteiger partial charge in [-0.15, -0.1) is 0 Å². The van der Waals surface area contributed by atoms with Crippen molar-refractivity contribution in [3.8, 4) is 11.1 Å². The zero-order valence-electron chi connectivity index (χ0n) is 9.65. The summed E-state index contributed by atoms with van der Waals surface area (Å²) in [4.78, 5) is 0. The second-order valence-electron chi connectivity index (χ2n) is 3.80. The number of hydrogen-bond acceptors (Lipinski definition) is 0. The molecule has 0 aliphatic carbocycles. The molecule has 94 valence electrons. The normalized spacial score (nSPS) is 12.7. The molecule has 0 bridgehead atoms. The maximum absolute atomic E-state index is 6.09. The van der Waals surface area contributed by atoms with E-state index in [-0.39, 0.29) is 0 Å². The number of halogens is 3. The minimum absolute atomic E-state index is 0.551. The van der Waals surface area contributed by atoms with E-state index in [0.29, 0.717) is 0 Å². The Morgan fingerprint density at radius 3 is 1.39 bits per heavy atom. The summed E-state index contributed by atoms with van der Waals surface area (Å²) in [5.74, 6) is 0. The van der Waals surface area contributed by atoms with Gasteiger partial charge >= 0.3 is 0 Å². The van der Waals surface area contributed by atoms with Crippen molar-refractivity contribution in [3.05, 3.63) is 48.5 Å². The highest BCUT2D eigenvalue weighted by molar-refractivity contribution is 8.08. The Balaban J connectivity index is 2.25. The fourth-order valence-corrected chi connectivity index (χ4v) is 3.57. The van der Waals surface area contributed by atoms with Crippen LogP contribution in [0.3, 0.4) is 0 Å². The van der Waals surface area contributed by atoms with Gasteiger partial charge in [0, 0.05) is 12.6 Å². The second-order valence-corrected chi connectivity index (χ2v) is 10.3. The lowest BCUT2D eigenvalue weighted by molar-refractivity contribution is 1.66. The average Bonchev–Trinajstić information content (AvgIpc) is 2.39.